The molecule has 1 aromatic carbocycles. The SMILES string of the molecule is COc1ccc(C(=O)N(C)C(CN)C2CC2)cc1OC. The van der Waals surface area contributed by atoms with Gasteiger partial charge in [-0.05, 0) is 37.0 Å². The summed E-state index contributed by atoms with van der Waals surface area (Å²) in [7, 11) is 4.95. The number of hydrogen-bond donors (Lipinski definition) is 1. The third-order valence-corrected chi connectivity index (χ3v) is 3.86. The highest BCUT2D eigenvalue weighted by molar-refractivity contribution is 5.95. The van der Waals surface area contributed by atoms with Gasteiger partial charge in [0.15, 0.2) is 11.5 Å². The van der Waals surface area contributed by atoms with E-state index in [2.05, 4.69) is 0 Å². The fraction of sp³-hybridized carbons (Fsp3) is 0.533. The van der Waals surface area contributed by atoms with Crippen molar-refractivity contribution >= 4 is 5.91 Å². The van der Waals surface area contributed by atoms with Crippen LogP contribution in [0.2, 0.25) is 0 Å². The standard InChI is InChI=1S/C15H22N2O3/c1-17(12(9-16)10-4-5-10)15(18)11-6-7-13(19-2)14(8-11)20-3/h6-8,10,12H,4-5,9,16H2,1-3H3. The summed E-state index contributed by atoms with van der Waals surface area (Å²) < 4.78 is 10.4. The van der Waals surface area contributed by atoms with Gasteiger partial charge in [0.2, 0.25) is 0 Å². The van der Waals surface area contributed by atoms with Crippen molar-refractivity contribution in [3.63, 3.8) is 0 Å². The molecule has 1 fully saturated rings. The molecule has 1 saturated carbocycles. The van der Waals surface area contributed by atoms with E-state index in [0.29, 0.717) is 29.5 Å². The van der Waals surface area contributed by atoms with Crippen LogP contribution >= 0.6 is 0 Å². The molecule has 110 valence electrons. The van der Waals surface area contributed by atoms with E-state index in [1.54, 1.807) is 37.3 Å². The minimum Gasteiger partial charge on any atom is -0.493 e. The molecule has 0 heterocycles. The van der Waals surface area contributed by atoms with Crippen LogP contribution in [0.25, 0.3) is 0 Å². The molecule has 0 spiro atoms. The molecular weight excluding hydrogens is 256 g/mol. The number of likely N-dealkylation sites (N-methyl/N-ethyl adjacent to an activating group) is 1. The molecule has 0 bridgehead atoms. The zero-order valence-electron chi connectivity index (χ0n) is 12.3. The van der Waals surface area contributed by atoms with Gasteiger partial charge in [-0.25, -0.2) is 0 Å². The van der Waals surface area contributed by atoms with Crippen molar-refractivity contribution in [3.8, 4) is 11.5 Å². The maximum absolute atomic E-state index is 12.5. The van der Waals surface area contributed by atoms with Crippen molar-refractivity contribution < 1.29 is 14.3 Å². The van der Waals surface area contributed by atoms with Gasteiger partial charge < -0.3 is 20.1 Å². The summed E-state index contributed by atoms with van der Waals surface area (Å²) in [5, 5.41) is 0. The number of hydrogen-bond acceptors (Lipinski definition) is 4. The van der Waals surface area contributed by atoms with Crippen molar-refractivity contribution in [1.29, 1.82) is 0 Å². The molecule has 0 saturated heterocycles. The number of methoxy groups -OCH3 is 2. The molecule has 1 atom stereocenters. The lowest BCUT2D eigenvalue weighted by Gasteiger charge is -2.27. The monoisotopic (exact) mass is 278 g/mol. The van der Waals surface area contributed by atoms with E-state index in [-0.39, 0.29) is 11.9 Å². The summed E-state index contributed by atoms with van der Waals surface area (Å²) >= 11 is 0. The van der Waals surface area contributed by atoms with E-state index >= 15 is 0 Å². The molecule has 0 aromatic heterocycles. The first kappa shape index (κ1) is 14.7. The summed E-state index contributed by atoms with van der Waals surface area (Å²) in [6.45, 7) is 0.500. The number of carbonyl (C=O) groups excluding carboxylic acids is 1. The number of benzene rings is 1. The summed E-state index contributed by atoms with van der Waals surface area (Å²) in [4.78, 5) is 14.3. The van der Waals surface area contributed by atoms with E-state index in [9.17, 15) is 4.79 Å². The Labute approximate surface area is 119 Å². The minimum atomic E-state index is -0.0340. The van der Waals surface area contributed by atoms with E-state index in [0.717, 1.165) is 12.8 Å². The van der Waals surface area contributed by atoms with Crippen LogP contribution in [0.4, 0.5) is 0 Å². The molecule has 0 radical (unpaired) electrons. The lowest BCUT2D eigenvalue weighted by atomic mass is 10.1. The third kappa shape index (κ3) is 2.88. The molecule has 1 amide bonds. The van der Waals surface area contributed by atoms with Gasteiger partial charge in [-0.1, -0.05) is 0 Å². The summed E-state index contributed by atoms with van der Waals surface area (Å²) in [5.41, 5.74) is 6.38. The highest BCUT2D eigenvalue weighted by Gasteiger charge is 2.35. The van der Waals surface area contributed by atoms with Crippen LogP contribution in [0.1, 0.15) is 23.2 Å². The Hall–Kier alpha value is -1.75. The Morgan fingerprint density at radius 2 is 2.00 bits per heavy atom. The average molecular weight is 278 g/mol. The Morgan fingerprint density at radius 3 is 2.50 bits per heavy atom. The summed E-state index contributed by atoms with van der Waals surface area (Å²) in [6.07, 6.45) is 2.32. The molecule has 1 aromatic rings. The Morgan fingerprint density at radius 1 is 1.35 bits per heavy atom. The second-order valence-corrected chi connectivity index (χ2v) is 5.13. The zero-order valence-corrected chi connectivity index (χ0v) is 12.3. The largest absolute Gasteiger partial charge is 0.493 e. The molecule has 2 N–H and O–H groups in total. The topological polar surface area (TPSA) is 64.8 Å². The fourth-order valence-electron chi connectivity index (χ4n) is 2.47. The first-order chi connectivity index (χ1) is 9.62. The van der Waals surface area contributed by atoms with Gasteiger partial charge in [0.1, 0.15) is 0 Å². The van der Waals surface area contributed by atoms with E-state index in [4.69, 9.17) is 15.2 Å². The molecule has 1 aliphatic carbocycles. The smallest absolute Gasteiger partial charge is 0.254 e. The van der Waals surface area contributed by atoms with Crippen molar-refractivity contribution in [3.05, 3.63) is 23.8 Å². The van der Waals surface area contributed by atoms with Gasteiger partial charge in [-0.2, -0.15) is 0 Å². The minimum absolute atomic E-state index is 0.0340. The number of carbonyl (C=O) groups is 1. The molecular formula is C15H22N2O3. The predicted octanol–water partition coefficient (Wildman–Crippen LogP) is 1.51. The first-order valence-electron chi connectivity index (χ1n) is 6.81. The van der Waals surface area contributed by atoms with Gasteiger partial charge in [0.05, 0.1) is 14.2 Å². The van der Waals surface area contributed by atoms with Crippen molar-refractivity contribution in [1.82, 2.24) is 4.90 Å². The van der Waals surface area contributed by atoms with Crippen LogP contribution in [0.15, 0.2) is 18.2 Å². The molecule has 1 unspecified atom stereocenters. The van der Waals surface area contributed by atoms with Gasteiger partial charge in [-0.15, -0.1) is 0 Å². The Kier molecular flexibility index (Phi) is 4.49. The van der Waals surface area contributed by atoms with Gasteiger partial charge in [0.25, 0.3) is 5.91 Å². The number of nitrogens with two attached hydrogens (primary N) is 1. The number of nitrogens with zero attached hydrogens (tertiary/aromatic N) is 1. The van der Waals surface area contributed by atoms with E-state index in [1.165, 1.54) is 0 Å². The highest BCUT2D eigenvalue weighted by Crippen LogP contribution is 2.35. The quantitative estimate of drug-likeness (QED) is 0.856. The van der Waals surface area contributed by atoms with Crippen LogP contribution in [0, 0.1) is 5.92 Å². The van der Waals surface area contributed by atoms with Crippen molar-refractivity contribution in [2.24, 2.45) is 11.7 Å². The normalized spacial score (nSPS) is 15.6. The molecule has 0 aliphatic heterocycles. The van der Waals surface area contributed by atoms with E-state index < -0.39 is 0 Å². The molecule has 5 nitrogen and oxygen atoms in total. The summed E-state index contributed by atoms with van der Waals surface area (Å²) in [6, 6.07) is 5.32. The van der Waals surface area contributed by atoms with Crippen molar-refractivity contribution in [2.45, 2.75) is 18.9 Å². The predicted molar refractivity (Wildman–Crippen MR) is 77.2 cm³/mol. The second kappa shape index (κ2) is 6.13. The fourth-order valence-corrected chi connectivity index (χ4v) is 2.47. The lowest BCUT2D eigenvalue weighted by Crippen LogP contribution is -2.43. The molecule has 1 aliphatic rings. The number of ether oxygens (including phenoxy) is 2. The lowest BCUT2D eigenvalue weighted by molar-refractivity contribution is 0.0718. The van der Waals surface area contributed by atoms with Crippen LogP contribution in [0.5, 0.6) is 11.5 Å². The Bertz CT molecular complexity index is 486. The first-order valence-corrected chi connectivity index (χ1v) is 6.81. The molecule has 5 heteroatoms. The van der Waals surface area contributed by atoms with Gasteiger partial charge >= 0.3 is 0 Å². The maximum Gasteiger partial charge on any atom is 0.254 e. The summed E-state index contributed by atoms with van der Waals surface area (Å²) in [5.74, 6) is 1.69. The maximum atomic E-state index is 12.5. The highest BCUT2D eigenvalue weighted by atomic mass is 16.5. The van der Waals surface area contributed by atoms with Crippen LogP contribution in [-0.4, -0.2) is 44.7 Å². The van der Waals surface area contributed by atoms with E-state index in [1.807, 2.05) is 7.05 Å². The third-order valence-electron chi connectivity index (χ3n) is 3.86. The molecule has 2 rings (SSSR count). The second-order valence-electron chi connectivity index (χ2n) is 5.13. The number of amides is 1. The zero-order chi connectivity index (χ0) is 14.7. The van der Waals surface area contributed by atoms with Crippen LogP contribution in [0.3, 0.4) is 0 Å². The molecule has 20 heavy (non-hydrogen) atoms. The average Bonchev–Trinajstić information content (AvgIpc) is 3.31. The van der Waals surface area contributed by atoms with Crippen molar-refractivity contribution in [2.75, 3.05) is 27.8 Å². The van der Waals surface area contributed by atoms with Gasteiger partial charge in [-0.3, -0.25) is 4.79 Å². The van der Waals surface area contributed by atoms with Crippen LogP contribution in [-0.2, 0) is 0 Å². The Balaban J connectivity index is 2.19. The van der Waals surface area contributed by atoms with Crippen LogP contribution < -0.4 is 15.2 Å². The van der Waals surface area contributed by atoms with Gasteiger partial charge in [0, 0.05) is 25.2 Å². The number of rotatable bonds is 6.